The molecule has 276 valence electrons. The summed E-state index contributed by atoms with van der Waals surface area (Å²) in [7, 11) is 0. The van der Waals surface area contributed by atoms with Crippen molar-refractivity contribution in [3.63, 3.8) is 0 Å². The summed E-state index contributed by atoms with van der Waals surface area (Å²) in [4.78, 5) is 73.6. The minimum atomic E-state index is -1.08. The minimum Gasteiger partial charge on any atom is -0.368 e. The van der Waals surface area contributed by atoms with Crippen LogP contribution < -0.4 is 27.0 Å². The lowest BCUT2D eigenvalue weighted by Gasteiger charge is -2.37. The maximum absolute atomic E-state index is 14.8. The number of amides is 5. The summed E-state index contributed by atoms with van der Waals surface area (Å²) in [5.74, 6) is -1.74. The summed E-state index contributed by atoms with van der Waals surface area (Å²) >= 11 is 0. The van der Waals surface area contributed by atoms with Crippen LogP contribution in [0.3, 0.4) is 0 Å². The summed E-state index contributed by atoms with van der Waals surface area (Å²) in [5.41, 5.74) is 4.10. The first-order chi connectivity index (χ1) is 23.2. The first-order valence-electron chi connectivity index (χ1n) is 18.4. The molecule has 1 aromatic heterocycles. The number of fused-ring (bicyclic) bond motifs is 1. The van der Waals surface area contributed by atoms with E-state index >= 15 is 0 Å². The molecule has 3 aliphatic carbocycles. The van der Waals surface area contributed by atoms with Crippen molar-refractivity contribution in [1.82, 2.24) is 25.8 Å². The second-order valence-corrected chi connectivity index (χ2v) is 18.1. The highest BCUT2D eigenvalue weighted by atomic mass is 16.2. The summed E-state index contributed by atoms with van der Waals surface area (Å²) in [6.07, 6.45) is 8.64. The second kappa shape index (κ2) is 13.5. The van der Waals surface area contributed by atoms with Gasteiger partial charge in [-0.25, -0.2) is 9.78 Å². The van der Waals surface area contributed by atoms with Crippen molar-refractivity contribution < 1.29 is 24.0 Å². The Morgan fingerprint density at radius 1 is 0.940 bits per heavy atom. The quantitative estimate of drug-likeness (QED) is 0.204. The van der Waals surface area contributed by atoms with Gasteiger partial charge in [-0.2, -0.15) is 0 Å². The molecular formula is C38H59N7O5. The molecular weight excluding hydrogens is 634 g/mol. The SMILES string of the molecule is CC(C)(C)C(CNc1ccccn1)NC(=O)N[C@H](C(=O)N1C[C@]2(C[C@H]1C(=O)NC(CC1CCC1)C(=O)C(N)=O)C(C)(C)C21CCC1)C(C)(C)C. The Balaban J connectivity index is 1.38. The zero-order chi connectivity index (χ0) is 36.9. The van der Waals surface area contributed by atoms with E-state index in [1.807, 2.05) is 59.7 Å². The number of nitrogens with two attached hydrogens (primary N) is 1. The molecule has 0 bridgehead atoms. The number of anilines is 1. The van der Waals surface area contributed by atoms with Gasteiger partial charge in [0, 0.05) is 24.7 Å². The van der Waals surface area contributed by atoms with E-state index in [-0.39, 0.29) is 39.5 Å². The Morgan fingerprint density at radius 3 is 2.10 bits per heavy atom. The Bertz CT molecular complexity index is 1470. The third-order valence-electron chi connectivity index (χ3n) is 13.0. The number of nitrogens with one attached hydrogen (secondary N) is 4. The van der Waals surface area contributed by atoms with Gasteiger partial charge in [0.1, 0.15) is 17.9 Å². The van der Waals surface area contributed by atoms with Crippen molar-refractivity contribution in [2.75, 3.05) is 18.4 Å². The standard InChI is InChI=1S/C38H59N7O5/c1-34(2,3)26(21-41-27-15-9-10-18-40-27)43-33(50)44-29(35(4,5)6)32(49)45-22-38(36(7,8)37(38)16-12-17-37)20-25(45)31(48)42-24(28(46)30(39)47)19-23-13-11-14-23/h9-10,15,18,23-26,29H,11-14,16-17,19-22H2,1-8H3,(H2,39,47)(H,40,41)(H,42,48)(H2,43,44,50)/t24?,25-,26?,29+,38+/m0/s1. The van der Waals surface area contributed by atoms with Crippen LogP contribution in [-0.2, 0) is 19.2 Å². The Labute approximate surface area is 297 Å². The van der Waals surface area contributed by atoms with Gasteiger partial charge < -0.3 is 31.9 Å². The zero-order valence-electron chi connectivity index (χ0n) is 31.3. The predicted octanol–water partition coefficient (Wildman–Crippen LogP) is 4.15. The average molecular weight is 694 g/mol. The van der Waals surface area contributed by atoms with Gasteiger partial charge in [-0.1, -0.05) is 87.1 Å². The highest BCUT2D eigenvalue weighted by Crippen LogP contribution is 2.88. The fraction of sp³-hybridized carbons (Fsp3) is 0.737. The number of likely N-dealkylation sites (tertiary alicyclic amines) is 1. The third-order valence-corrected chi connectivity index (χ3v) is 13.0. The van der Waals surface area contributed by atoms with Gasteiger partial charge in [0.15, 0.2) is 0 Å². The molecule has 6 N–H and O–H groups in total. The number of ketones is 1. The van der Waals surface area contributed by atoms with E-state index in [4.69, 9.17) is 5.73 Å². The number of urea groups is 1. The van der Waals surface area contributed by atoms with Crippen LogP contribution >= 0.6 is 0 Å². The molecule has 1 aliphatic heterocycles. The van der Waals surface area contributed by atoms with E-state index in [1.54, 1.807) is 11.1 Å². The van der Waals surface area contributed by atoms with Crippen LogP contribution in [0.2, 0.25) is 0 Å². The summed E-state index contributed by atoms with van der Waals surface area (Å²) in [6, 6.07) is 1.96. The van der Waals surface area contributed by atoms with Crippen molar-refractivity contribution in [1.29, 1.82) is 0 Å². The fourth-order valence-electron chi connectivity index (χ4n) is 9.19. The van der Waals surface area contributed by atoms with Gasteiger partial charge in [-0.05, 0) is 65.4 Å². The highest BCUT2D eigenvalue weighted by Gasteiger charge is 2.85. The van der Waals surface area contributed by atoms with Crippen LogP contribution in [0, 0.1) is 33.0 Å². The Hall–Kier alpha value is -3.70. The van der Waals surface area contributed by atoms with Gasteiger partial charge in [0.05, 0.1) is 12.1 Å². The Morgan fingerprint density at radius 2 is 1.62 bits per heavy atom. The predicted molar refractivity (Wildman–Crippen MR) is 192 cm³/mol. The van der Waals surface area contributed by atoms with Crippen molar-refractivity contribution >= 4 is 35.4 Å². The molecule has 0 radical (unpaired) electrons. The zero-order valence-corrected chi connectivity index (χ0v) is 31.3. The van der Waals surface area contributed by atoms with Gasteiger partial charge in [-0.3, -0.25) is 19.2 Å². The van der Waals surface area contributed by atoms with E-state index in [9.17, 15) is 24.0 Å². The largest absolute Gasteiger partial charge is 0.368 e. The lowest BCUT2D eigenvalue weighted by molar-refractivity contribution is -0.143. The molecule has 50 heavy (non-hydrogen) atoms. The first-order valence-corrected chi connectivity index (χ1v) is 18.4. The van der Waals surface area contributed by atoms with E-state index in [0.29, 0.717) is 31.7 Å². The first kappa shape index (κ1) is 37.6. The molecule has 4 fully saturated rings. The number of pyridine rings is 1. The summed E-state index contributed by atoms with van der Waals surface area (Å²) < 4.78 is 0. The van der Waals surface area contributed by atoms with Gasteiger partial charge in [0.2, 0.25) is 17.6 Å². The van der Waals surface area contributed by atoms with Crippen LogP contribution in [0.15, 0.2) is 24.4 Å². The minimum absolute atomic E-state index is 0.0461. The van der Waals surface area contributed by atoms with Crippen molar-refractivity contribution in [3.05, 3.63) is 24.4 Å². The van der Waals surface area contributed by atoms with Crippen molar-refractivity contribution in [3.8, 4) is 0 Å². The molecule has 1 aromatic rings. The van der Waals surface area contributed by atoms with Crippen LogP contribution in [0.25, 0.3) is 0 Å². The number of carbonyl (C=O) groups excluding carboxylic acids is 5. The molecule has 4 aliphatic rings. The molecule has 2 heterocycles. The van der Waals surface area contributed by atoms with Gasteiger partial charge >= 0.3 is 6.03 Å². The molecule has 12 heteroatoms. The fourth-order valence-corrected chi connectivity index (χ4v) is 9.19. The molecule has 5 rings (SSSR count). The smallest absolute Gasteiger partial charge is 0.315 e. The molecule has 0 aromatic carbocycles. The third kappa shape index (κ3) is 6.83. The summed E-state index contributed by atoms with van der Waals surface area (Å²) in [6.45, 7) is 17.1. The lowest BCUT2D eigenvalue weighted by Crippen LogP contribution is -2.61. The number of aromatic nitrogens is 1. The number of primary amides is 1. The monoisotopic (exact) mass is 693 g/mol. The van der Waals surface area contributed by atoms with E-state index in [1.165, 1.54) is 0 Å². The van der Waals surface area contributed by atoms with E-state index in [0.717, 1.165) is 38.5 Å². The maximum Gasteiger partial charge on any atom is 0.315 e. The van der Waals surface area contributed by atoms with Gasteiger partial charge in [0.25, 0.3) is 5.91 Å². The molecule has 1 saturated heterocycles. The molecule has 3 saturated carbocycles. The van der Waals surface area contributed by atoms with Crippen LogP contribution in [0.1, 0.15) is 107 Å². The average Bonchev–Trinajstić information content (AvgIpc) is 3.21. The summed E-state index contributed by atoms with van der Waals surface area (Å²) in [5, 5.41) is 12.2. The van der Waals surface area contributed by atoms with E-state index in [2.05, 4.69) is 40.1 Å². The number of nitrogens with zero attached hydrogens (tertiary/aromatic N) is 2. The van der Waals surface area contributed by atoms with Crippen molar-refractivity contribution in [2.24, 2.45) is 38.7 Å². The topological polar surface area (TPSA) is 176 Å². The Kier molecular flexibility index (Phi) is 10.1. The van der Waals surface area contributed by atoms with Crippen LogP contribution in [0.5, 0.6) is 0 Å². The van der Waals surface area contributed by atoms with Gasteiger partial charge in [-0.15, -0.1) is 0 Å². The molecule has 2 unspecified atom stereocenters. The van der Waals surface area contributed by atoms with E-state index < -0.39 is 47.2 Å². The lowest BCUT2D eigenvalue weighted by atomic mass is 9.73. The maximum atomic E-state index is 14.8. The van der Waals surface area contributed by atoms with Crippen LogP contribution in [0.4, 0.5) is 10.6 Å². The second-order valence-electron chi connectivity index (χ2n) is 18.1. The number of carbonyl (C=O) groups is 5. The number of hydrogen-bond acceptors (Lipinski definition) is 7. The van der Waals surface area contributed by atoms with Crippen LogP contribution in [-0.4, -0.2) is 76.7 Å². The molecule has 5 atom stereocenters. The highest BCUT2D eigenvalue weighted by molar-refractivity contribution is 6.37. The number of Topliss-reactive ketones (excluding diaryl/α,β-unsaturated/α-hetero) is 1. The molecule has 5 amide bonds. The normalized spacial score (nSPS) is 25.4. The molecule has 2 spiro atoms. The number of rotatable bonds is 12. The number of hydrogen-bond donors (Lipinski definition) is 5. The molecule has 12 nitrogen and oxygen atoms in total. The van der Waals surface area contributed by atoms with Crippen molar-refractivity contribution in [2.45, 2.75) is 131 Å².